The molecule has 1 aromatic rings. The summed E-state index contributed by atoms with van der Waals surface area (Å²) in [4.78, 5) is 0.380. The predicted octanol–water partition coefficient (Wildman–Crippen LogP) is 1.29. The van der Waals surface area contributed by atoms with E-state index < -0.39 is 9.84 Å². The molecule has 0 aliphatic carbocycles. The van der Waals surface area contributed by atoms with E-state index in [1.807, 2.05) is 0 Å². The van der Waals surface area contributed by atoms with Crippen LogP contribution in [0.4, 0.5) is 5.69 Å². The summed E-state index contributed by atoms with van der Waals surface area (Å²) in [5.74, 6) is 0.135. The zero-order valence-corrected chi connectivity index (χ0v) is 9.96. The summed E-state index contributed by atoms with van der Waals surface area (Å²) in [6.45, 7) is 3.08. The van der Waals surface area contributed by atoms with Crippen molar-refractivity contribution in [2.45, 2.75) is 17.9 Å². The van der Waals surface area contributed by atoms with Crippen LogP contribution in [0.15, 0.2) is 29.2 Å². The second-order valence-corrected chi connectivity index (χ2v) is 6.08. The fourth-order valence-corrected chi connectivity index (χ4v) is 2.36. The summed E-state index contributed by atoms with van der Waals surface area (Å²) in [6, 6.07) is 7.22. The molecule has 1 heterocycles. The molecule has 4 nitrogen and oxygen atoms in total. The molecule has 88 valence electrons. The van der Waals surface area contributed by atoms with Gasteiger partial charge in [-0.3, -0.25) is 0 Å². The maximum Gasteiger partial charge on any atom is 0.178 e. The van der Waals surface area contributed by atoms with Crippen LogP contribution in [-0.4, -0.2) is 33.4 Å². The summed E-state index contributed by atoms with van der Waals surface area (Å²) < 4.78 is 28.2. The van der Waals surface area contributed by atoms with Gasteiger partial charge in [0.1, 0.15) is 0 Å². The molecule has 0 bridgehead atoms. The summed E-state index contributed by atoms with van der Waals surface area (Å²) in [7, 11) is -3.09. The van der Waals surface area contributed by atoms with Gasteiger partial charge in [-0.2, -0.15) is 0 Å². The molecular formula is C11H15NO3S. The van der Waals surface area contributed by atoms with Gasteiger partial charge in [0, 0.05) is 5.69 Å². The van der Waals surface area contributed by atoms with Gasteiger partial charge in [-0.25, -0.2) is 8.42 Å². The van der Waals surface area contributed by atoms with Gasteiger partial charge < -0.3 is 10.1 Å². The first-order chi connectivity index (χ1) is 7.62. The topological polar surface area (TPSA) is 55.4 Å². The number of hydrogen-bond donors (Lipinski definition) is 1. The van der Waals surface area contributed by atoms with E-state index in [-0.39, 0.29) is 5.75 Å². The average Bonchev–Trinajstić information content (AvgIpc) is 2.24. The van der Waals surface area contributed by atoms with E-state index in [9.17, 15) is 8.42 Å². The highest BCUT2D eigenvalue weighted by Gasteiger charge is 2.18. The van der Waals surface area contributed by atoms with Crippen molar-refractivity contribution in [1.29, 1.82) is 0 Å². The van der Waals surface area contributed by atoms with Crippen molar-refractivity contribution >= 4 is 15.5 Å². The second-order valence-electron chi connectivity index (χ2n) is 3.81. The fourth-order valence-electron chi connectivity index (χ4n) is 1.48. The number of hydrogen-bond acceptors (Lipinski definition) is 4. The SMILES string of the molecule is CCS(=O)(=O)c1ccc(NC2COC2)cc1. The van der Waals surface area contributed by atoms with Crippen LogP contribution in [0.3, 0.4) is 0 Å². The second kappa shape index (κ2) is 4.43. The Labute approximate surface area is 95.5 Å². The lowest BCUT2D eigenvalue weighted by Gasteiger charge is -2.27. The van der Waals surface area contributed by atoms with Crippen molar-refractivity contribution in [3.63, 3.8) is 0 Å². The quantitative estimate of drug-likeness (QED) is 0.863. The molecule has 1 aromatic carbocycles. The number of ether oxygens (including phenoxy) is 1. The number of sulfone groups is 1. The highest BCUT2D eigenvalue weighted by Crippen LogP contribution is 2.17. The Hall–Kier alpha value is -1.07. The van der Waals surface area contributed by atoms with E-state index >= 15 is 0 Å². The Morgan fingerprint density at radius 3 is 2.38 bits per heavy atom. The molecule has 0 aromatic heterocycles. The molecule has 0 spiro atoms. The third-order valence-electron chi connectivity index (χ3n) is 2.60. The third kappa shape index (κ3) is 2.36. The molecular weight excluding hydrogens is 226 g/mol. The van der Waals surface area contributed by atoms with E-state index in [0.717, 1.165) is 18.9 Å². The standard InChI is InChI=1S/C11H15NO3S/c1-2-16(13,14)11-5-3-9(4-6-11)12-10-7-15-8-10/h3-6,10,12H,2,7-8H2,1H3. The van der Waals surface area contributed by atoms with E-state index in [1.54, 1.807) is 31.2 Å². The summed E-state index contributed by atoms with van der Waals surface area (Å²) in [5, 5.41) is 3.26. The minimum absolute atomic E-state index is 0.135. The monoisotopic (exact) mass is 241 g/mol. The molecule has 0 atom stereocenters. The zero-order valence-electron chi connectivity index (χ0n) is 9.14. The maximum atomic E-state index is 11.6. The Morgan fingerprint density at radius 2 is 1.94 bits per heavy atom. The molecule has 0 amide bonds. The molecule has 16 heavy (non-hydrogen) atoms. The van der Waals surface area contributed by atoms with Gasteiger partial charge in [0.05, 0.1) is 29.9 Å². The van der Waals surface area contributed by atoms with Gasteiger partial charge in [-0.15, -0.1) is 0 Å². The Bertz CT molecular complexity index is 449. The lowest BCUT2D eigenvalue weighted by Crippen LogP contribution is -2.40. The number of nitrogens with one attached hydrogen (secondary N) is 1. The maximum absolute atomic E-state index is 11.6. The molecule has 1 saturated heterocycles. The lowest BCUT2D eigenvalue weighted by atomic mass is 10.2. The van der Waals surface area contributed by atoms with Gasteiger partial charge in [0.15, 0.2) is 9.84 Å². The van der Waals surface area contributed by atoms with Crippen molar-refractivity contribution in [2.75, 3.05) is 24.3 Å². The molecule has 1 fully saturated rings. The minimum Gasteiger partial charge on any atom is -0.378 e. The van der Waals surface area contributed by atoms with Crippen molar-refractivity contribution in [2.24, 2.45) is 0 Å². The van der Waals surface area contributed by atoms with E-state index in [2.05, 4.69) is 5.32 Å². The van der Waals surface area contributed by atoms with E-state index in [0.29, 0.717) is 10.9 Å². The lowest BCUT2D eigenvalue weighted by molar-refractivity contribution is 0.0211. The highest BCUT2D eigenvalue weighted by atomic mass is 32.2. The summed E-state index contributed by atoms with van der Waals surface area (Å²) >= 11 is 0. The van der Waals surface area contributed by atoms with E-state index in [4.69, 9.17) is 4.74 Å². The number of benzene rings is 1. The highest BCUT2D eigenvalue weighted by molar-refractivity contribution is 7.91. The van der Waals surface area contributed by atoms with Crippen LogP contribution in [-0.2, 0) is 14.6 Å². The molecule has 1 N–H and O–H groups in total. The van der Waals surface area contributed by atoms with Gasteiger partial charge in [0.2, 0.25) is 0 Å². The Balaban J connectivity index is 2.09. The van der Waals surface area contributed by atoms with Gasteiger partial charge in [-0.05, 0) is 24.3 Å². The Kier molecular flexibility index (Phi) is 3.16. The van der Waals surface area contributed by atoms with Crippen LogP contribution < -0.4 is 5.32 Å². The van der Waals surface area contributed by atoms with Crippen LogP contribution in [0.5, 0.6) is 0 Å². The summed E-state index contributed by atoms with van der Waals surface area (Å²) in [5.41, 5.74) is 0.934. The molecule has 5 heteroatoms. The predicted molar refractivity (Wildman–Crippen MR) is 62.4 cm³/mol. The summed E-state index contributed by atoms with van der Waals surface area (Å²) in [6.07, 6.45) is 0. The zero-order chi connectivity index (χ0) is 11.6. The number of anilines is 1. The normalized spacial score (nSPS) is 16.8. The smallest absolute Gasteiger partial charge is 0.178 e. The molecule has 0 saturated carbocycles. The molecule has 0 radical (unpaired) electrons. The van der Waals surface area contributed by atoms with Crippen molar-refractivity contribution in [3.8, 4) is 0 Å². The molecule has 2 rings (SSSR count). The fraction of sp³-hybridized carbons (Fsp3) is 0.455. The van der Waals surface area contributed by atoms with Gasteiger partial charge >= 0.3 is 0 Å². The van der Waals surface area contributed by atoms with Crippen LogP contribution in [0.2, 0.25) is 0 Å². The third-order valence-corrected chi connectivity index (χ3v) is 4.35. The first-order valence-corrected chi connectivity index (χ1v) is 6.94. The molecule has 1 aliphatic heterocycles. The first-order valence-electron chi connectivity index (χ1n) is 5.29. The van der Waals surface area contributed by atoms with Gasteiger partial charge in [0.25, 0.3) is 0 Å². The Morgan fingerprint density at radius 1 is 1.31 bits per heavy atom. The largest absolute Gasteiger partial charge is 0.378 e. The van der Waals surface area contributed by atoms with Gasteiger partial charge in [-0.1, -0.05) is 6.92 Å². The van der Waals surface area contributed by atoms with Crippen LogP contribution >= 0.6 is 0 Å². The number of rotatable bonds is 4. The van der Waals surface area contributed by atoms with E-state index in [1.165, 1.54) is 0 Å². The van der Waals surface area contributed by atoms with Crippen LogP contribution in [0.25, 0.3) is 0 Å². The molecule has 0 unspecified atom stereocenters. The van der Waals surface area contributed by atoms with Crippen LogP contribution in [0.1, 0.15) is 6.92 Å². The minimum atomic E-state index is -3.09. The molecule has 1 aliphatic rings. The van der Waals surface area contributed by atoms with Crippen molar-refractivity contribution in [1.82, 2.24) is 0 Å². The van der Waals surface area contributed by atoms with Crippen molar-refractivity contribution in [3.05, 3.63) is 24.3 Å². The first kappa shape index (κ1) is 11.4. The van der Waals surface area contributed by atoms with Crippen LogP contribution in [0, 0.1) is 0 Å². The van der Waals surface area contributed by atoms with Crippen molar-refractivity contribution < 1.29 is 13.2 Å². The average molecular weight is 241 g/mol.